The van der Waals surface area contributed by atoms with Gasteiger partial charge in [-0.05, 0) is 42.2 Å². The molecule has 1 saturated heterocycles. The highest BCUT2D eigenvalue weighted by Gasteiger charge is 2.20. The zero-order valence-corrected chi connectivity index (χ0v) is 21.0. The van der Waals surface area contributed by atoms with Gasteiger partial charge in [0.15, 0.2) is 5.96 Å². The molecule has 0 radical (unpaired) electrons. The lowest BCUT2D eigenvalue weighted by molar-refractivity contribution is -0.128. The Labute approximate surface area is 202 Å². The van der Waals surface area contributed by atoms with E-state index in [1.165, 1.54) is 11.1 Å². The maximum atomic E-state index is 12.0. The molecule has 1 aliphatic heterocycles. The van der Waals surface area contributed by atoms with Gasteiger partial charge in [-0.1, -0.05) is 36.4 Å². The second kappa shape index (κ2) is 12.5. The number of hydrogen-bond acceptors (Lipinski definition) is 3. The number of hydrogen-bond donors (Lipinski definition) is 1. The van der Waals surface area contributed by atoms with Gasteiger partial charge in [0.1, 0.15) is 5.75 Å². The molecule has 1 fully saturated rings. The number of nitrogens with zero attached hydrogens (tertiary/aromatic N) is 3. The van der Waals surface area contributed by atoms with E-state index in [0.717, 1.165) is 43.3 Å². The Hall–Kier alpha value is -2.29. The van der Waals surface area contributed by atoms with Crippen LogP contribution in [0, 0.1) is 0 Å². The molecule has 0 unspecified atom stereocenters. The predicted octanol–water partition coefficient (Wildman–Crippen LogP) is 4.03. The summed E-state index contributed by atoms with van der Waals surface area (Å²) >= 11 is 0. The van der Waals surface area contributed by atoms with Gasteiger partial charge in [-0.3, -0.25) is 4.79 Å². The minimum Gasteiger partial charge on any atom is -0.497 e. The molecule has 0 bridgehead atoms. The van der Waals surface area contributed by atoms with Gasteiger partial charge < -0.3 is 19.9 Å². The fourth-order valence-electron chi connectivity index (χ4n) is 3.65. The van der Waals surface area contributed by atoms with Gasteiger partial charge in [-0.25, -0.2) is 4.99 Å². The summed E-state index contributed by atoms with van der Waals surface area (Å²) < 4.78 is 5.24. The standard InChI is InChI=1S/C24H32N4O2.HI/c1-4-25-24(27(2)17-19-11-13-22(30-3)14-12-19)26-16-20-8-5-6-9-21(20)18-28-15-7-10-23(28)29;/h5-6,8-9,11-14H,4,7,10,15-18H2,1-3H3,(H,25,26);1H. The van der Waals surface area contributed by atoms with Crippen LogP contribution in [0.4, 0.5) is 0 Å². The monoisotopic (exact) mass is 536 g/mol. The molecule has 1 heterocycles. The number of aliphatic imine (C=N–C) groups is 1. The molecule has 2 aromatic rings. The molecule has 0 aliphatic carbocycles. The largest absolute Gasteiger partial charge is 0.497 e. The van der Waals surface area contributed by atoms with Crippen molar-refractivity contribution >= 4 is 35.8 Å². The molecule has 1 amide bonds. The number of amides is 1. The molecule has 168 valence electrons. The van der Waals surface area contributed by atoms with Gasteiger partial charge in [-0.2, -0.15) is 0 Å². The molecule has 0 aromatic heterocycles. The normalized spacial score (nSPS) is 13.7. The van der Waals surface area contributed by atoms with Crippen LogP contribution in [0.25, 0.3) is 0 Å². The first kappa shape index (κ1) is 25.0. The van der Waals surface area contributed by atoms with Crippen molar-refractivity contribution in [2.75, 3.05) is 27.2 Å². The lowest BCUT2D eigenvalue weighted by Gasteiger charge is -2.23. The van der Waals surface area contributed by atoms with E-state index >= 15 is 0 Å². The molecule has 6 nitrogen and oxygen atoms in total. The van der Waals surface area contributed by atoms with Crippen LogP contribution in [0.15, 0.2) is 53.5 Å². The molecule has 3 rings (SSSR count). The lowest BCUT2D eigenvalue weighted by Crippen LogP contribution is -2.38. The molecular weight excluding hydrogens is 503 g/mol. The van der Waals surface area contributed by atoms with E-state index < -0.39 is 0 Å². The minimum absolute atomic E-state index is 0. The zero-order valence-electron chi connectivity index (χ0n) is 18.6. The number of nitrogens with one attached hydrogen (secondary N) is 1. The third-order valence-electron chi connectivity index (χ3n) is 5.33. The van der Waals surface area contributed by atoms with Gasteiger partial charge >= 0.3 is 0 Å². The van der Waals surface area contributed by atoms with Gasteiger partial charge in [-0.15, -0.1) is 24.0 Å². The number of halogens is 1. The summed E-state index contributed by atoms with van der Waals surface area (Å²) in [6.07, 6.45) is 1.63. The second-order valence-corrected chi connectivity index (χ2v) is 7.56. The Kier molecular flexibility index (Phi) is 10.1. The number of likely N-dealkylation sites (tertiary alicyclic amines) is 1. The molecule has 7 heteroatoms. The van der Waals surface area contributed by atoms with Crippen LogP contribution in [0.3, 0.4) is 0 Å². The highest BCUT2D eigenvalue weighted by Crippen LogP contribution is 2.18. The summed E-state index contributed by atoms with van der Waals surface area (Å²) in [4.78, 5) is 21.0. The van der Waals surface area contributed by atoms with E-state index in [1.54, 1.807) is 7.11 Å². The van der Waals surface area contributed by atoms with Crippen molar-refractivity contribution in [1.82, 2.24) is 15.1 Å². The lowest BCUT2D eigenvalue weighted by atomic mass is 10.1. The van der Waals surface area contributed by atoms with Gasteiger partial charge in [0.25, 0.3) is 0 Å². The van der Waals surface area contributed by atoms with Crippen LogP contribution in [0.1, 0.15) is 36.5 Å². The van der Waals surface area contributed by atoms with E-state index in [4.69, 9.17) is 9.73 Å². The Bertz CT molecular complexity index is 870. The number of carbonyl (C=O) groups is 1. The maximum absolute atomic E-state index is 12.0. The van der Waals surface area contributed by atoms with Crippen LogP contribution >= 0.6 is 24.0 Å². The van der Waals surface area contributed by atoms with E-state index in [0.29, 0.717) is 19.5 Å². The molecule has 31 heavy (non-hydrogen) atoms. The van der Waals surface area contributed by atoms with E-state index in [-0.39, 0.29) is 29.9 Å². The summed E-state index contributed by atoms with van der Waals surface area (Å²) in [6, 6.07) is 16.4. The number of guanidine groups is 1. The molecule has 1 N–H and O–H groups in total. The average molecular weight is 536 g/mol. The topological polar surface area (TPSA) is 57.2 Å². The number of ether oxygens (including phenoxy) is 1. The van der Waals surface area contributed by atoms with Crippen LogP contribution in [-0.2, 0) is 24.4 Å². The second-order valence-electron chi connectivity index (χ2n) is 7.56. The van der Waals surface area contributed by atoms with Crippen LogP contribution in [0.5, 0.6) is 5.75 Å². The number of carbonyl (C=O) groups excluding carboxylic acids is 1. The van der Waals surface area contributed by atoms with Crippen molar-refractivity contribution in [2.45, 2.75) is 39.4 Å². The first-order valence-corrected chi connectivity index (χ1v) is 10.6. The third kappa shape index (κ3) is 7.12. The van der Waals surface area contributed by atoms with E-state index in [9.17, 15) is 4.79 Å². The Morgan fingerprint density at radius 1 is 1.16 bits per heavy atom. The van der Waals surface area contributed by atoms with Gasteiger partial charge in [0.2, 0.25) is 5.91 Å². The summed E-state index contributed by atoms with van der Waals surface area (Å²) in [5.74, 6) is 1.97. The van der Waals surface area contributed by atoms with Crippen LogP contribution in [0.2, 0.25) is 0 Å². The Morgan fingerprint density at radius 3 is 2.48 bits per heavy atom. The van der Waals surface area contributed by atoms with E-state index in [2.05, 4.69) is 41.4 Å². The van der Waals surface area contributed by atoms with Gasteiger partial charge in [0, 0.05) is 39.6 Å². The summed E-state index contributed by atoms with van der Waals surface area (Å²) in [5, 5.41) is 3.38. The van der Waals surface area contributed by atoms with Crippen molar-refractivity contribution in [2.24, 2.45) is 4.99 Å². The van der Waals surface area contributed by atoms with E-state index in [1.807, 2.05) is 36.2 Å². The van der Waals surface area contributed by atoms with Gasteiger partial charge in [0.05, 0.1) is 13.7 Å². The highest BCUT2D eigenvalue weighted by molar-refractivity contribution is 14.0. The SMILES string of the molecule is CCNC(=NCc1ccccc1CN1CCCC1=O)N(C)Cc1ccc(OC)cc1.I. The number of methoxy groups -OCH3 is 1. The zero-order chi connectivity index (χ0) is 21.3. The maximum Gasteiger partial charge on any atom is 0.222 e. The number of rotatable bonds is 8. The highest BCUT2D eigenvalue weighted by atomic mass is 127. The Morgan fingerprint density at radius 2 is 1.87 bits per heavy atom. The first-order chi connectivity index (χ1) is 14.6. The molecule has 0 atom stereocenters. The molecule has 2 aromatic carbocycles. The summed E-state index contributed by atoms with van der Waals surface area (Å²) in [6.45, 7) is 5.72. The van der Waals surface area contributed by atoms with Crippen molar-refractivity contribution < 1.29 is 9.53 Å². The molecule has 1 aliphatic rings. The number of benzene rings is 2. The first-order valence-electron chi connectivity index (χ1n) is 10.6. The average Bonchev–Trinajstić information content (AvgIpc) is 3.17. The summed E-state index contributed by atoms with van der Waals surface area (Å²) in [5.41, 5.74) is 3.52. The van der Waals surface area contributed by atoms with Crippen molar-refractivity contribution in [1.29, 1.82) is 0 Å². The fraction of sp³-hybridized carbons (Fsp3) is 0.417. The fourth-order valence-corrected chi connectivity index (χ4v) is 3.65. The van der Waals surface area contributed by atoms with Crippen molar-refractivity contribution in [3.05, 3.63) is 65.2 Å². The molecule has 0 spiro atoms. The Balaban J connectivity index is 0.00000341. The van der Waals surface area contributed by atoms with Crippen molar-refractivity contribution in [3.8, 4) is 5.75 Å². The summed E-state index contributed by atoms with van der Waals surface area (Å²) in [7, 11) is 3.72. The quantitative estimate of drug-likeness (QED) is 0.315. The van der Waals surface area contributed by atoms with Crippen LogP contribution in [-0.4, -0.2) is 48.9 Å². The smallest absolute Gasteiger partial charge is 0.222 e. The molecular formula is C24H33IN4O2. The van der Waals surface area contributed by atoms with Crippen molar-refractivity contribution in [3.63, 3.8) is 0 Å². The van der Waals surface area contributed by atoms with Crippen LogP contribution < -0.4 is 10.1 Å². The predicted molar refractivity (Wildman–Crippen MR) is 136 cm³/mol. The third-order valence-corrected chi connectivity index (χ3v) is 5.33. The minimum atomic E-state index is 0. The molecule has 0 saturated carbocycles.